The van der Waals surface area contributed by atoms with Crippen LogP contribution < -0.4 is 6.15 Å². The minimum Gasteiger partial charge on any atom is -0.358 e. The minimum absolute atomic E-state index is 0. The average Bonchev–Trinajstić information content (AvgIpc) is 1.90. The van der Waals surface area contributed by atoms with Gasteiger partial charge in [-0.05, 0) is 0 Å². The van der Waals surface area contributed by atoms with Crippen molar-refractivity contribution in [2.75, 3.05) is 0 Å². The van der Waals surface area contributed by atoms with Crippen LogP contribution in [-0.4, -0.2) is 23.1 Å². The van der Waals surface area contributed by atoms with E-state index in [1.807, 2.05) is 25.1 Å². The summed E-state index contributed by atoms with van der Waals surface area (Å²) in [6, 6.07) is 10.3. The standard InChI is InChI=1S/C8H9.CH3.ClH.Mg.H3N/c1-2-8-6-4-3-5-7-8;;;;/h2-7H,1H3;1H3;1H;;1H3/q2*-1;;+2;. The molecule has 1 aromatic rings. The predicted molar refractivity (Wildman–Crippen MR) is 60.0 cm³/mol. The van der Waals surface area contributed by atoms with E-state index in [1.165, 1.54) is 5.56 Å². The first-order valence-electron chi connectivity index (χ1n) is 2.78. The van der Waals surface area contributed by atoms with E-state index in [0.29, 0.717) is 0 Å². The van der Waals surface area contributed by atoms with Crippen LogP contribution >= 0.6 is 12.4 Å². The van der Waals surface area contributed by atoms with E-state index in [2.05, 4.69) is 18.6 Å². The van der Waals surface area contributed by atoms with Crippen LogP contribution in [0.4, 0.5) is 0 Å². The molecule has 1 nitrogen and oxygen atoms in total. The molecule has 1 aromatic carbocycles. The molecule has 3 N–H and O–H groups in total. The van der Waals surface area contributed by atoms with Crippen molar-refractivity contribution in [2.45, 2.75) is 6.92 Å². The molecule has 12 heavy (non-hydrogen) atoms. The fraction of sp³-hybridized carbons (Fsp3) is 0.111. The second-order valence-corrected chi connectivity index (χ2v) is 1.70. The number of rotatable bonds is 1. The molecule has 66 valence electrons. The molecule has 1 rings (SSSR count). The molecule has 0 atom stereocenters. The van der Waals surface area contributed by atoms with Crippen LogP contribution in [-0.2, 0) is 0 Å². The Morgan fingerprint density at radius 3 is 1.75 bits per heavy atom. The van der Waals surface area contributed by atoms with Gasteiger partial charge in [0.05, 0.1) is 0 Å². The first-order valence-corrected chi connectivity index (χ1v) is 2.78. The van der Waals surface area contributed by atoms with Gasteiger partial charge in [0, 0.05) is 0 Å². The normalized spacial score (nSPS) is 5.75. The zero-order valence-corrected chi connectivity index (χ0v) is 10.0. The van der Waals surface area contributed by atoms with Crippen molar-refractivity contribution in [1.29, 1.82) is 0 Å². The fourth-order valence-electron chi connectivity index (χ4n) is 0.645. The van der Waals surface area contributed by atoms with Crippen molar-refractivity contribution in [3.05, 3.63) is 49.7 Å². The Labute approximate surface area is 98.1 Å². The molecule has 0 saturated carbocycles. The summed E-state index contributed by atoms with van der Waals surface area (Å²) in [7, 11) is 0. The second kappa shape index (κ2) is 13.7. The molecule has 0 spiro atoms. The van der Waals surface area contributed by atoms with E-state index in [4.69, 9.17) is 0 Å². The number of hydrogen-bond acceptors (Lipinski definition) is 1. The molecule has 0 aliphatic rings. The molecule has 0 fully saturated rings. The number of benzene rings is 1. The fourth-order valence-corrected chi connectivity index (χ4v) is 0.645. The first-order chi connectivity index (χ1) is 3.93. The van der Waals surface area contributed by atoms with E-state index < -0.39 is 0 Å². The maximum atomic E-state index is 2.08. The van der Waals surface area contributed by atoms with Gasteiger partial charge in [-0.2, -0.15) is 24.1 Å². The molecule has 0 unspecified atom stereocenters. The molecule has 0 bridgehead atoms. The van der Waals surface area contributed by atoms with Crippen LogP contribution in [0.25, 0.3) is 0 Å². The van der Waals surface area contributed by atoms with Crippen molar-refractivity contribution >= 4 is 35.5 Å². The van der Waals surface area contributed by atoms with Gasteiger partial charge >= 0.3 is 23.1 Å². The molecule has 3 heteroatoms. The smallest absolute Gasteiger partial charge is 0.358 e. The summed E-state index contributed by atoms with van der Waals surface area (Å²) in [5.41, 5.74) is 1.28. The molecule has 0 heterocycles. The van der Waals surface area contributed by atoms with Gasteiger partial charge < -0.3 is 13.6 Å². The Bertz CT molecular complexity index is 156. The van der Waals surface area contributed by atoms with Crippen LogP contribution in [0.15, 0.2) is 30.3 Å². The second-order valence-electron chi connectivity index (χ2n) is 1.70. The van der Waals surface area contributed by atoms with E-state index in [-0.39, 0.29) is 49.0 Å². The zero-order valence-electron chi connectivity index (χ0n) is 7.79. The largest absolute Gasteiger partial charge is 2.00 e. The summed E-state index contributed by atoms with van der Waals surface area (Å²) >= 11 is 0. The van der Waals surface area contributed by atoms with Crippen LogP contribution in [0, 0.1) is 13.8 Å². The number of hydrogen-bond donors (Lipinski definition) is 1. The van der Waals surface area contributed by atoms with E-state index in [1.54, 1.807) is 0 Å². The van der Waals surface area contributed by atoms with E-state index in [0.717, 1.165) is 0 Å². The average molecular weight is 198 g/mol. The first kappa shape index (κ1) is 22.7. The van der Waals surface area contributed by atoms with Crippen LogP contribution in [0.2, 0.25) is 0 Å². The van der Waals surface area contributed by atoms with Gasteiger partial charge in [-0.3, -0.25) is 0 Å². The topological polar surface area (TPSA) is 35.0 Å². The van der Waals surface area contributed by atoms with Crippen LogP contribution in [0.1, 0.15) is 12.5 Å². The van der Waals surface area contributed by atoms with Crippen molar-refractivity contribution in [3.63, 3.8) is 0 Å². The molecule has 0 aliphatic heterocycles. The molecule has 0 aromatic heterocycles. The van der Waals surface area contributed by atoms with Gasteiger partial charge in [0.25, 0.3) is 0 Å². The number of halogens is 1. The summed E-state index contributed by atoms with van der Waals surface area (Å²) in [6.45, 7) is 2.04. The van der Waals surface area contributed by atoms with Gasteiger partial charge in [-0.25, -0.2) is 0 Å². The van der Waals surface area contributed by atoms with Gasteiger partial charge in [0.1, 0.15) is 0 Å². The van der Waals surface area contributed by atoms with Crippen LogP contribution in [0.5, 0.6) is 0 Å². The Hall–Kier alpha value is 0.106. The molecule has 0 aliphatic carbocycles. The van der Waals surface area contributed by atoms with E-state index >= 15 is 0 Å². The van der Waals surface area contributed by atoms with Crippen LogP contribution in [0.3, 0.4) is 0 Å². The maximum absolute atomic E-state index is 2.08. The van der Waals surface area contributed by atoms with Crippen molar-refractivity contribution < 1.29 is 0 Å². The van der Waals surface area contributed by atoms with Gasteiger partial charge in [0.15, 0.2) is 0 Å². The van der Waals surface area contributed by atoms with E-state index in [9.17, 15) is 0 Å². The van der Waals surface area contributed by atoms with Crippen molar-refractivity contribution in [3.8, 4) is 0 Å². The summed E-state index contributed by atoms with van der Waals surface area (Å²) in [4.78, 5) is 0. The Morgan fingerprint density at radius 2 is 1.50 bits per heavy atom. The van der Waals surface area contributed by atoms with Crippen molar-refractivity contribution in [2.24, 2.45) is 0 Å². The predicted octanol–water partition coefficient (Wildman–Crippen LogP) is 2.91. The summed E-state index contributed by atoms with van der Waals surface area (Å²) in [5.74, 6) is 0. The Kier molecular flexibility index (Phi) is 25.9. The summed E-state index contributed by atoms with van der Waals surface area (Å²) < 4.78 is 0. The molecular formula is C9H16ClMgN. The zero-order chi connectivity index (χ0) is 5.82. The van der Waals surface area contributed by atoms with Gasteiger partial charge in [-0.15, -0.1) is 24.5 Å². The molecular weight excluding hydrogens is 182 g/mol. The van der Waals surface area contributed by atoms with Gasteiger partial charge in [-0.1, -0.05) is 13.0 Å². The molecule has 0 radical (unpaired) electrons. The monoisotopic (exact) mass is 197 g/mol. The summed E-state index contributed by atoms with van der Waals surface area (Å²) in [5, 5.41) is 0. The molecule has 0 amide bonds. The third-order valence-corrected chi connectivity index (χ3v) is 1.13. The van der Waals surface area contributed by atoms with Crippen molar-refractivity contribution in [1.82, 2.24) is 6.15 Å². The third kappa shape index (κ3) is 8.21. The minimum atomic E-state index is 0. The Balaban J connectivity index is -0.0000000800. The Morgan fingerprint density at radius 1 is 1.08 bits per heavy atom. The SMILES string of the molecule is C[CH-]c1ccccc1.Cl.N.[CH3-].[Mg+2]. The third-order valence-electron chi connectivity index (χ3n) is 1.13. The quantitative estimate of drug-likeness (QED) is 0.546. The summed E-state index contributed by atoms with van der Waals surface area (Å²) in [6.07, 6.45) is 2.08. The molecule has 0 saturated heterocycles. The van der Waals surface area contributed by atoms with Gasteiger partial charge in [0.2, 0.25) is 0 Å². The maximum Gasteiger partial charge on any atom is 2.00 e.